The topological polar surface area (TPSA) is 62.3 Å². The molecule has 0 bridgehead atoms. The van der Waals surface area contributed by atoms with E-state index in [1.54, 1.807) is 20.1 Å². The summed E-state index contributed by atoms with van der Waals surface area (Å²) in [5.41, 5.74) is 8.14. The first kappa shape index (κ1) is 16.4. The molecule has 0 aliphatic heterocycles. The highest BCUT2D eigenvalue weighted by Gasteiger charge is 2.16. The van der Waals surface area contributed by atoms with Gasteiger partial charge in [0.1, 0.15) is 5.82 Å². The van der Waals surface area contributed by atoms with E-state index in [1.807, 2.05) is 11.8 Å². The van der Waals surface area contributed by atoms with Gasteiger partial charge in [0.2, 0.25) is 0 Å². The highest BCUT2D eigenvalue weighted by Crippen LogP contribution is 2.28. The first-order valence-electron chi connectivity index (χ1n) is 6.67. The van der Waals surface area contributed by atoms with Crippen molar-refractivity contribution in [3.8, 4) is 6.07 Å². The maximum atomic E-state index is 13.7. The quantitative estimate of drug-likeness (QED) is 0.833. The van der Waals surface area contributed by atoms with Crippen molar-refractivity contribution in [1.82, 2.24) is 0 Å². The third-order valence-electron chi connectivity index (χ3n) is 3.20. The molecule has 0 spiro atoms. The molecule has 0 unspecified atom stereocenters. The average molecular weight is 279 g/mol. The van der Waals surface area contributed by atoms with E-state index >= 15 is 0 Å². The summed E-state index contributed by atoms with van der Waals surface area (Å²) in [5.74, 6) is -0.256. The van der Waals surface area contributed by atoms with Crippen LogP contribution >= 0.6 is 0 Å². The number of nitrogens with zero attached hydrogens (tertiary/aromatic N) is 2. The second-order valence-electron chi connectivity index (χ2n) is 4.84. The van der Waals surface area contributed by atoms with E-state index in [-0.39, 0.29) is 11.9 Å². The summed E-state index contributed by atoms with van der Waals surface area (Å²) >= 11 is 0. The third kappa shape index (κ3) is 4.19. The van der Waals surface area contributed by atoms with Gasteiger partial charge in [0.05, 0.1) is 19.1 Å². The minimum Gasteiger partial charge on any atom is -0.383 e. The van der Waals surface area contributed by atoms with E-state index in [0.29, 0.717) is 31.7 Å². The molecule has 1 aromatic carbocycles. The highest BCUT2D eigenvalue weighted by molar-refractivity contribution is 5.57. The Balaban J connectivity index is 3.15. The van der Waals surface area contributed by atoms with Crippen molar-refractivity contribution in [2.24, 2.45) is 5.73 Å². The Labute approximate surface area is 119 Å². The van der Waals surface area contributed by atoms with Crippen molar-refractivity contribution >= 4 is 5.69 Å². The Hall–Kier alpha value is -1.64. The number of aryl methyl sites for hydroxylation is 1. The lowest BCUT2D eigenvalue weighted by Crippen LogP contribution is -2.30. The highest BCUT2D eigenvalue weighted by atomic mass is 19.1. The molecular formula is C15H22FN3O. The molecule has 1 aromatic rings. The van der Waals surface area contributed by atoms with E-state index in [1.165, 1.54) is 6.07 Å². The van der Waals surface area contributed by atoms with Gasteiger partial charge in [-0.15, -0.1) is 0 Å². The summed E-state index contributed by atoms with van der Waals surface area (Å²) in [5, 5.41) is 8.77. The van der Waals surface area contributed by atoms with Crippen LogP contribution in [0.25, 0.3) is 0 Å². The molecule has 5 heteroatoms. The Morgan fingerprint density at radius 2 is 2.15 bits per heavy atom. The summed E-state index contributed by atoms with van der Waals surface area (Å²) in [6.07, 6.45) is 0.401. The lowest BCUT2D eigenvalue weighted by molar-refractivity contribution is 0.205. The Kier molecular flexibility index (Phi) is 6.43. The lowest BCUT2D eigenvalue weighted by Gasteiger charge is -2.28. The molecule has 0 radical (unpaired) electrons. The van der Waals surface area contributed by atoms with Gasteiger partial charge >= 0.3 is 0 Å². The van der Waals surface area contributed by atoms with Crippen LogP contribution in [0.2, 0.25) is 0 Å². The van der Waals surface area contributed by atoms with Crippen molar-refractivity contribution in [3.63, 3.8) is 0 Å². The van der Waals surface area contributed by atoms with Crippen LogP contribution in [0.15, 0.2) is 12.1 Å². The second-order valence-corrected chi connectivity index (χ2v) is 4.84. The molecule has 110 valence electrons. The molecule has 0 aliphatic carbocycles. The Bertz CT molecular complexity index is 483. The fourth-order valence-corrected chi connectivity index (χ4v) is 2.06. The predicted octanol–water partition coefficient (Wildman–Crippen LogP) is 2.52. The lowest BCUT2D eigenvalue weighted by atomic mass is 10.0. The maximum Gasteiger partial charge on any atom is 0.126 e. The molecule has 0 saturated heterocycles. The number of nitrogens with two attached hydrogens (primary N) is 1. The number of hydrogen-bond donors (Lipinski definition) is 1. The zero-order valence-corrected chi connectivity index (χ0v) is 12.3. The van der Waals surface area contributed by atoms with Crippen molar-refractivity contribution < 1.29 is 9.13 Å². The average Bonchev–Trinajstić information content (AvgIpc) is 2.41. The molecule has 2 N–H and O–H groups in total. The SMILES string of the molecule is COCCN(CCC#N)c1cc(C)c(F)cc1[C@H](C)N. The van der Waals surface area contributed by atoms with Gasteiger partial charge in [-0.25, -0.2) is 4.39 Å². The molecule has 4 nitrogen and oxygen atoms in total. The monoisotopic (exact) mass is 279 g/mol. The van der Waals surface area contributed by atoms with E-state index in [2.05, 4.69) is 6.07 Å². The molecule has 1 rings (SSSR count). The molecule has 0 aliphatic rings. The van der Waals surface area contributed by atoms with Crippen LogP contribution in [-0.2, 0) is 4.74 Å². The first-order valence-corrected chi connectivity index (χ1v) is 6.67. The molecule has 0 saturated carbocycles. The van der Waals surface area contributed by atoms with Gasteiger partial charge in [0, 0.05) is 31.9 Å². The third-order valence-corrected chi connectivity index (χ3v) is 3.20. The zero-order chi connectivity index (χ0) is 15.1. The summed E-state index contributed by atoms with van der Waals surface area (Å²) in [4.78, 5) is 2.03. The number of methoxy groups -OCH3 is 1. The van der Waals surface area contributed by atoms with Gasteiger partial charge in [-0.05, 0) is 37.1 Å². The number of rotatable bonds is 7. The summed E-state index contributed by atoms with van der Waals surface area (Å²) in [7, 11) is 1.63. The first-order chi connectivity index (χ1) is 9.51. The fraction of sp³-hybridized carbons (Fsp3) is 0.533. The standard InChI is InChI=1S/C15H22FN3O/c1-11-9-15(13(12(2)18)10-14(11)16)19(6-4-5-17)7-8-20-3/h9-10,12H,4,6-8,18H2,1-3H3/t12-/m0/s1. The molecule has 0 aromatic heterocycles. The van der Waals surface area contributed by atoms with Gasteiger partial charge in [0.15, 0.2) is 0 Å². The summed E-state index contributed by atoms with van der Waals surface area (Å²) in [6.45, 7) is 5.31. The number of hydrogen-bond acceptors (Lipinski definition) is 4. The van der Waals surface area contributed by atoms with Crippen LogP contribution in [0.4, 0.5) is 10.1 Å². The van der Waals surface area contributed by atoms with Gasteiger partial charge in [-0.3, -0.25) is 0 Å². The van der Waals surface area contributed by atoms with E-state index in [4.69, 9.17) is 15.7 Å². The molecule has 1 atom stereocenters. The molecule has 20 heavy (non-hydrogen) atoms. The maximum absolute atomic E-state index is 13.7. The number of benzene rings is 1. The number of nitriles is 1. The van der Waals surface area contributed by atoms with Crippen molar-refractivity contribution in [2.75, 3.05) is 31.7 Å². The van der Waals surface area contributed by atoms with E-state index in [0.717, 1.165) is 11.3 Å². The molecule has 0 fully saturated rings. The Morgan fingerprint density at radius 3 is 2.70 bits per heavy atom. The number of anilines is 1. The fourth-order valence-electron chi connectivity index (χ4n) is 2.06. The predicted molar refractivity (Wildman–Crippen MR) is 78.1 cm³/mol. The van der Waals surface area contributed by atoms with Gasteiger partial charge in [-0.2, -0.15) is 5.26 Å². The normalized spacial score (nSPS) is 12.0. The molecule has 0 amide bonds. The van der Waals surface area contributed by atoms with Crippen LogP contribution in [0.5, 0.6) is 0 Å². The van der Waals surface area contributed by atoms with Crippen LogP contribution < -0.4 is 10.6 Å². The molecular weight excluding hydrogens is 257 g/mol. The molecule has 0 heterocycles. The van der Waals surface area contributed by atoms with Crippen LogP contribution in [0.1, 0.15) is 30.5 Å². The summed E-state index contributed by atoms with van der Waals surface area (Å²) in [6, 6.07) is 5.14. The van der Waals surface area contributed by atoms with Crippen molar-refractivity contribution in [2.45, 2.75) is 26.3 Å². The van der Waals surface area contributed by atoms with Gasteiger partial charge in [-0.1, -0.05) is 0 Å². The van der Waals surface area contributed by atoms with E-state index < -0.39 is 0 Å². The summed E-state index contributed by atoms with van der Waals surface area (Å²) < 4.78 is 18.8. The number of ether oxygens (including phenoxy) is 1. The van der Waals surface area contributed by atoms with Crippen LogP contribution in [-0.4, -0.2) is 26.8 Å². The van der Waals surface area contributed by atoms with Crippen LogP contribution in [0.3, 0.4) is 0 Å². The minimum absolute atomic E-state index is 0.256. The Morgan fingerprint density at radius 1 is 1.45 bits per heavy atom. The second kappa shape index (κ2) is 7.83. The van der Waals surface area contributed by atoms with Crippen molar-refractivity contribution in [1.29, 1.82) is 5.26 Å². The van der Waals surface area contributed by atoms with E-state index in [9.17, 15) is 4.39 Å². The van der Waals surface area contributed by atoms with Gasteiger partial charge < -0.3 is 15.4 Å². The number of halogens is 1. The van der Waals surface area contributed by atoms with Gasteiger partial charge in [0.25, 0.3) is 0 Å². The smallest absolute Gasteiger partial charge is 0.126 e. The van der Waals surface area contributed by atoms with Crippen molar-refractivity contribution in [3.05, 3.63) is 29.1 Å². The van der Waals surface area contributed by atoms with Crippen LogP contribution in [0, 0.1) is 24.1 Å². The minimum atomic E-state index is -0.271. The largest absolute Gasteiger partial charge is 0.383 e. The zero-order valence-electron chi connectivity index (χ0n) is 12.3.